The van der Waals surface area contributed by atoms with Crippen molar-refractivity contribution in [2.75, 3.05) is 31.9 Å². The molecule has 7 heteroatoms. The zero-order valence-electron chi connectivity index (χ0n) is 17.0. The number of amides is 1. The molecule has 0 aromatic heterocycles. The van der Waals surface area contributed by atoms with Crippen molar-refractivity contribution >= 4 is 23.8 Å². The Kier molecular flexibility index (Phi) is 5.08. The van der Waals surface area contributed by atoms with E-state index >= 15 is 0 Å². The van der Waals surface area contributed by atoms with Crippen LogP contribution in [0.5, 0.6) is 0 Å². The van der Waals surface area contributed by atoms with Crippen LogP contribution in [0.4, 0.5) is 4.79 Å². The van der Waals surface area contributed by atoms with Gasteiger partial charge in [-0.15, -0.1) is 0 Å². The molecular weight excluding hydrogens is 376 g/mol. The zero-order chi connectivity index (χ0) is 20.1. The molecule has 3 aliphatic heterocycles. The summed E-state index contributed by atoms with van der Waals surface area (Å²) in [4.78, 5) is 28.5. The van der Waals surface area contributed by atoms with Crippen molar-refractivity contribution in [3.8, 4) is 0 Å². The maximum absolute atomic E-state index is 12.4. The Bertz CT molecular complexity index is 804. The maximum Gasteiger partial charge on any atom is 0.410 e. The van der Waals surface area contributed by atoms with Crippen LogP contribution in [0.25, 0.3) is 0 Å². The summed E-state index contributed by atoms with van der Waals surface area (Å²) in [5.41, 5.74) is 3.78. The number of benzene rings is 1. The van der Waals surface area contributed by atoms with Gasteiger partial charge in [-0.25, -0.2) is 9.59 Å². The molecule has 2 saturated heterocycles. The van der Waals surface area contributed by atoms with E-state index in [0.717, 1.165) is 31.0 Å². The van der Waals surface area contributed by atoms with Gasteiger partial charge in [0.1, 0.15) is 12.2 Å². The molecule has 3 aliphatic rings. The lowest BCUT2D eigenvalue weighted by Crippen LogP contribution is -2.58. The number of carbonyl (C=O) groups excluding carboxylic acids is 2. The Labute approximate surface area is 170 Å². The van der Waals surface area contributed by atoms with E-state index in [-0.39, 0.29) is 12.1 Å². The Hall–Kier alpha value is -1.73. The van der Waals surface area contributed by atoms with Gasteiger partial charge in [0.2, 0.25) is 0 Å². The lowest BCUT2D eigenvalue weighted by molar-refractivity contribution is 0.00556. The van der Waals surface area contributed by atoms with Crippen molar-refractivity contribution in [1.82, 2.24) is 9.80 Å². The minimum atomic E-state index is -0.461. The predicted octanol–water partition coefficient (Wildman–Crippen LogP) is 3.37. The van der Waals surface area contributed by atoms with Crippen LogP contribution >= 0.6 is 11.8 Å². The normalized spacial score (nSPS) is 25.1. The van der Waals surface area contributed by atoms with Crippen molar-refractivity contribution < 1.29 is 19.1 Å². The Morgan fingerprint density at radius 1 is 1.25 bits per heavy atom. The molecule has 0 bridgehead atoms. The molecule has 3 heterocycles. The van der Waals surface area contributed by atoms with E-state index in [1.54, 1.807) is 0 Å². The fourth-order valence-electron chi connectivity index (χ4n) is 4.18. The number of nitrogens with zero attached hydrogens (tertiary/aromatic N) is 2. The summed E-state index contributed by atoms with van der Waals surface area (Å²) in [6.45, 7) is 11.5. The molecule has 0 saturated carbocycles. The molecule has 2 atom stereocenters. The lowest BCUT2D eigenvalue weighted by atomic mass is 9.96. The van der Waals surface area contributed by atoms with Gasteiger partial charge in [-0.2, -0.15) is 11.8 Å². The van der Waals surface area contributed by atoms with Crippen LogP contribution in [0, 0.1) is 6.92 Å². The maximum atomic E-state index is 12.4. The fraction of sp³-hybridized carbons (Fsp3) is 0.619. The molecule has 1 aromatic rings. The molecule has 0 radical (unpaired) electrons. The summed E-state index contributed by atoms with van der Waals surface area (Å²) >= 11 is 1.94. The minimum absolute atomic E-state index is 0.209. The number of hydrogen-bond acceptors (Lipinski definition) is 6. The molecule has 152 valence electrons. The van der Waals surface area contributed by atoms with E-state index in [1.165, 1.54) is 11.1 Å². The molecule has 2 fully saturated rings. The number of hydrogen-bond donors (Lipinski definition) is 0. The van der Waals surface area contributed by atoms with Gasteiger partial charge in [0.05, 0.1) is 5.56 Å². The van der Waals surface area contributed by atoms with Gasteiger partial charge in [-0.05, 0) is 44.9 Å². The van der Waals surface area contributed by atoms with Crippen molar-refractivity contribution in [1.29, 1.82) is 0 Å². The molecule has 0 aliphatic carbocycles. The number of carbonyl (C=O) groups is 2. The zero-order valence-corrected chi connectivity index (χ0v) is 17.8. The van der Waals surface area contributed by atoms with Gasteiger partial charge < -0.3 is 14.4 Å². The highest BCUT2D eigenvalue weighted by molar-refractivity contribution is 7.99. The average Bonchev–Trinajstić information content (AvgIpc) is 3.02. The fourth-order valence-corrected chi connectivity index (χ4v) is 5.68. The Balaban J connectivity index is 1.42. The second kappa shape index (κ2) is 7.26. The lowest BCUT2D eigenvalue weighted by Gasteiger charge is -2.46. The number of ether oxygens (including phenoxy) is 2. The monoisotopic (exact) mass is 404 g/mol. The predicted molar refractivity (Wildman–Crippen MR) is 109 cm³/mol. The first-order chi connectivity index (χ1) is 13.2. The summed E-state index contributed by atoms with van der Waals surface area (Å²) in [6, 6.07) is 4.37. The first-order valence-corrected chi connectivity index (χ1v) is 10.9. The summed E-state index contributed by atoms with van der Waals surface area (Å²) in [6.07, 6.45) is -0.210. The van der Waals surface area contributed by atoms with Gasteiger partial charge in [-0.1, -0.05) is 6.07 Å². The molecule has 6 nitrogen and oxygen atoms in total. The van der Waals surface area contributed by atoms with Gasteiger partial charge in [-0.3, -0.25) is 4.90 Å². The molecule has 4 rings (SSSR count). The van der Waals surface area contributed by atoms with Crippen LogP contribution in [0.3, 0.4) is 0 Å². The van der Waals surface area contributed by atoms with Crippen molar-refractivity contribution in [3.63, 3.8) is 0 Å². The topological polar surface area (TPSA) is 59.1 Å². The SMILES string of the molecule is Cc1c([C@@H]2CN3CCN(C(=O)OC(C)(C)C)C[C@H]3CS2)ccc2c1COC2=O. The third-order valence-corrected chi connectivity index (χ3v) is 7.08. The standard InChI is InChI=1S/C21H28N2O4S/c1-13-15(5-6-16-17(13)11-26-19(16)24)18-10-22-7-8-23(9-14(22)12-28-18)20(25)27-21(2,3)4/h5-6,14,18H,7-12H2,1-4H3/t14-,18-/m0/s1. The minimum Gasteiger partial charge on any atom is -0.457 e. The van der Waals surface area contributed by atoms with Gasteiger partial charge >= 0.3 is 12.1 Å². The van der Waals surface area contributed by atoms with Crippen LogP contribution in [0.1, 0.15) is 53.1 Å². The molecule has 0 unspecified atom stereocenters. The first kappa shape index (κ1) is 19.6. The van der Waals surface area contributed by atoms with Crippen LogP contribution in [-0.2, 0) is 16.1 Å². The highest BCUT2D eigenvalue weighted by Gasteiger charge is 2.37. The highest BCUT2D eigenvalue weighted by atomic mass is 32.2. The molecule has 1 amide bonds. The van der Waals surface area contributed by atoms with E-state index in [2.05, 4.69) is 17.9 Å². The van der Waals surface area contributed by atoms with Gasteiger partial charge in [0.25, 0.3) is 0 Å². The second-order valence-electron chi connectivity index (χ2n) is 8.78. The smallest absolute Gasteiger partial charge is 0.410 e. The van der Waals surface area contributed by atoms with E-state index in [0.29, 0.717) is 30.0 Å². The largest absolute Gasteiger partial charge is 0.457 e. The number of piperazine rings is 1. The molecule has 1 aromatic carbocycles. The van der Waals surface area contributed by atoms with Crippen LogP contribution in [0.15, 0.2) is 12.1 Å². The Morgan fingerprint density at radius 2 is 2.04 bits per heavy atom. The molecule has 28 heavy (non-hydrogen) atoms. The van der Waals surface area contributed by atoms with Gasteiger partial charge in [0, 0.05) is 48.8 Å². The van der Waals surface area contributed by atoms with E-state index in [9.17, 15) is 9.59 Å². The van der Waals surface area contributed by atoms with Crippen LogP contribution in [0.2, 0.25) is 0 Å². The van der Waals surface area contributed by atoms with Crippen LogP contribution < -0.4 is 0 Å². The van der Waals surface area contributed by atoms with Crippen molar-refractivity contribution in [2.45, 2.75) is 51.2 Å². The number of rotatable bonds is 1. The van der Waals surface area contributed by atoms with E-state index in [1.807, 2.05) is 43.5 Å². The summed E-state index contributed by atoms with van der Waals surface area (Å²) in [7, 11) is 0. The third-order valence-electron chi connectivity index (χ3n) is 5.70. The van der Waals surface area contributed by atoms with Gasteiger partial charge in [0.15, 0.2) is 0 Å². The number of thioether (sulfide) groups is 1. The quantitative estimate of drug-likeness (QED) is 0.669. The number of esters is 1. The summed E-state index contributed by atoms with van der Waals surface area (Å²) < 4.78 is 10.7. The van der Waals surface area contributed by atoms with Crippen molar-refractivity contribution in [2.24, 2.45) is 0 Å². The molecular formula is C21H28N2O4S. The van der Waals surface area contributed by atoms with E-state index < -0.39 is 5.60 Å². The number of fused-ring (bicyclic) bond motifs is 2. The second-order valence-corrected chi connectivity index (χ2v) is 10.0. The summed E-state index contributed by atoms with van der Waals surface area (Å²) in [5.74, 6) is 0.773. The van der Waals surface area contributed by atoms with E-state index in [4.69, 9.17) is 9.47 Å². The highest BCUT2D eigenvalue weighted by Crippen LogP contribution is 2.40. The first-order valence-electron chi connectivity index (χ1n) is 9.86. The Morgan fingerprint density at radius 3 is 2.79 bits per heavy atom. The molecule has 0 N–H and O–H groups in total. The summed E-state index contributed by atoms with van der Waals surface area (Å²) in [5, 5.41) is 0.380. The van der Waals surface area contributed by atoms with Crippen LogP contribution in [-0.4, -0.2) is 65.4 Å². The molecule has 0 spiro atoms. The van der Waals surface area contributed by atoms with Crippen molar-refractivity contribution in [3.05, 3.63) is 34.4 Å². The number of cyclic esters (lactones) is 1. The third kappa shape index (κ3) is 3.74. The average molecular weight is 405 g/mol.